The van der Waals surface area contributed by atoms with E-state index in [1.807, 2.05) is 0 Å². The molecule has 0 saturated heterocycles. The summed E-state index contributed by atoms with van der Waals surface area (Å²) in [6, 6.07) is 0. The van der Waals surface area contributed by atoms with Crippen molar-refractivity contribution < 1.29 is 0 Å². The smallest absolute Gasteiger partial charge is 0.0161 e. The summed E-state index contributed by atoms with van der Waals surface area (Å²) in [7, 11) is 0. The first-order valence-electron chi connectivity index (χ1n) is 6.83. The number of hydrogen-bond donors (Lipinski definition) is 2. The molecule has 0 heterocycles. The van der Waals surface area contributed by atoms with Gasteiger partial charge in [0.2, 0.25) is 0 Å². The highest BCUT2D eigenvalue weighted by atomic mass is 14.9. The van der Waals surface area contributed by atoms with Crippen molar-refractivity contribution >= 4 is 0 Å². The molecule has 2 heteroatoms. The van der Waals surface area contributed by atoms with E-state index >= 15 is 0 Å². The molecule has 0 radical (unpaired) electrons. The van der Waals surface area contributed by atoms with Gasteiger partial charge in [-0.05, 0) is 42.6 Å². The molecule has 0 spiro atoms. The maximum absolute atomic E-state index is 6.21. The van der Waals surface area contributed by atoms with Crippen molar-refractivity contribution in [2.45, 2.75) is 60.9 Å². The second-order valence-electron chi connectivity index (χ2n) is 8.23. The van der Waals surface area contributed by atoms with Crippen LogP contribution in [-0.2, 0) is 0 Å². The summed E-state index contributed by atoms with van der Waals surface area (Å²) < 4.78 is 0. The second-order valence-corrected chi connectivity index (χ2v) is 8.23. The molecule has 3 N–H and O–H groups in total. The molecule has 0 atom stereocenters. The highest BCUT2D eigenvalue weighted by molar-refractivity contribution is 5.13. The van der Waals surface area contributed by atoms with Gasteiger partial charge in [-0.2, -0.15) is 0 Å². The molecule has 102 valence electrons. The van der Waals surface area contributed by atoms with Gasteiger partial charge in [-0.3, -0.25) is 0 Å². The summed E-state index contributed by atoms with van der Waals surface area (Å²) in [5.74, 6) is 0.784. The number of rotatable bonds is 5. The summed E-state index contributed by atoms with van der Waals surface area (Å²) >= 11 is 0. The normalized spacial score (nSPS) is 23.8. The van der Waals surface area contributed by atoms with Gasteiger partial charge in [-0.15, -0.1) is 0 Å². The van der Waals surface area contributed by atoms with Crippen LogP contribution in [0.3, 0.4) is 0 Å². The van der Waals surface area contributed by atoms with Gasteiger partial charge in [-0.1, -0.05) is 41.5 Å². The predicted octanol–water partition coefficient (Wildman–Crippen LogP) is 3.02. The Kier molecular flexibility index (Phi) is 3.49. The third-order valence-corrected chi connectivity index (χ3v) is 5.98. The van der Waals surface area contributed by atoms with Crippen LogP contribution in [0.4, 0.5) is 0 Å². The van der Waals surface area contributed by atoms with Crippen LogP contribution in [0.25, 0.3) is 0 Å². The van der Waals surface area contributed by atoms with Gasteiger partial charge in [0.15, 0.2) is 0 Å². The molecule has 0 unspecified atom stereocenters. The topological polar surface area (TPSA) is 38.0 Å². The fraction of sp³-hybridized carbons (Fsp3) is 1.00. The molecule has 0 amide bonds. The molecule has 1 aliphatic rings. The lowest BCUT2D eigenvalue weighted by Gasteiger charge is -2.38. The molecule has 0 aromatic rings. The molecule has 1 saturated carbocycles. The number of hydrogen-bond acceptors (Lipinski definition) is 2. The number of nitrogens with two attached hydrogens (primary N) is 1. The van der Waals surface area contributed by atoms with E-state index in [1.165, 1.54) is 0 Å². The van der Waals surface area contributed by atoms with Crippen molar-refractivity contribution in [2.75, 3.05) is 13.1 Å². The Hall–Kier alpha value is -0.0800. The van der Waals surface area contributed by atoms with E-state index in [4.69, 9.17) is 5.73 Å². The van der Waals surface area contributed by atoms with Gasteiger partial charge in [0.25, 0.3) is 0 Å². The first-order valence-corrected chi connectivity index (χ1v) is 6.83. The first-order chi connectivity index (χ1) is 7.34. The van der Waals surface area contributed by atoms with Crippen molar-refractivity contribution in [1.29, 1.82) is 0 Å². The Balaban J connectivity index is 2.41. The fourth-order valence-electron chi connectivity index (χ4n) is 2.60. The third-order valence-electron chi connectivity index (χ3n) is 5.98. The highest BCUT2D eigenvalue weighted by Gasteiger charge is 2.63. The predicted molar refractivity (Wildman–Crippen MR) is 76.0 cm³/mol. The molecule has 0 bridgehead atoms. The third kappa shape index (κ3) is 2.53. The fourth-order valence-corrected chi connectivity index (χ4v) is 2.60. The van der Waals surface area contributed by atoms with Crippen molar-refractivity contribution in [3.63, 3.8) is 0 Å². The summed E-state index contributed by atoms with van der Waals surface area (Å²) in [6.07, 6.45) is 0. The minimum absolute atomic E-state index is 0.121. The van der Waals surface area contributed by atoms with Gasteiger partial charge in [0.1, 0.15) is 0 Å². The quantitative estimate of drug-likeness (QED) is 0.775. The average Bonchev–Trinajstić information content (AvgIpc) is 2.45. The van der Waals surface area contributed by atoms with Crippen LogP contribution in [0, 0.1) is 22.2 Å². The largest absolute Gasteiger partial charge is 0.325 e. The zero-order valence-corrected chi connectivity index (χ0v) is 13.1. The molecule has 0 aliphatic heterocycles. The molecule has 0 aromatic heterocycles. The standard InChI is InChI=1S/C15H32N2/c1-12(2,15(7,8)16)10-17-9-11-13(3,4)14(11,5)6/h11,17H,9-10,16H2,1-8H3. The second kappa shape index (κ2) is 3.96. The SMILES string of the molecule is CC(C)(N)C(C)(C)CNCC1C(C)(C)C1(C)C. The summed E-state index contributed by atoms with van der Waals surface area (Å²) in [5, 5.41) is 3.63. The Morgan fingerprint density at radius 1 is 1.00 bits per heavy atom. The molecule has 2 nitrogen and oxygen atoms in total. The molecule has 17 heavy (non-hydrogen) atoms. The Morgan fingerprint density at radius 3 is 1.71 bits per heavy atom. The van der Waals surface area contributed by atoms with Crippen LogP contribution < -0.4 is 11.1 Å². The first kappa shape index (κ1) is 15.0. The van der Waals surface area contributed by atoms with Gasteiger partial charge in [0.05, 0.1) is 0 Å². The maximum Gasteiger partial charge on any atom is 0.0161 e. The molecule has 1 aliphatic carbocycles. The van der Waals surface area contributed by atoms with Crippen LogP contribution >= 0.6 is 0 Å². The lowest BCUT2D eigenvalue weighted by atomic mass is 9.75. The monoisotopic (exact) mass is 240 g/mol. The molecule has 1 fully saturated rings. The van der Waals surface area contributed by atoms with Crippen molar-refractivity contribution in [1.82, 2.24) is 5.32 Å². The number of nitrogens with one attached hydrogen (secondary N) is 1. The lowest BCUT2D eigenvalue weighted by Crippen LogP contribution is -2.52. The van der Waals surface area contributed by atoms with Crippen LogP contribution in [0.1, 0.15) is 55.4 Å². The minimum Gasteiger partial charge on any atom is -0.325 e. The average molecular weight is 240 g/mol. The maximum atomic E-state index is 6.21. The van der Waals surface area contributed by atoms with Gasteiger partial charge in [0, 0.05) is 12.1 Å². The molecular formula is C15H32N2. The Labute approximate surface area is 108 Å². The van der Waals surface area contributed by atoms with Crippen molar-refractivity contribution in [3.8, 4) is 0 Å². The van der Waals surface area contributed by atoms with E-state index < -0.39 is 0 Å². The van der Waals surface area contributed by atoms with Crippen LogP contribution in [-0.4, -0.2) is 18.6 Å². The van der Waals surface area contributed by atoms with E-state index in [9.17, 15) is 0 Å². The van der Waals surface area contributed by atoms with E-state index in [0.717, 1.165) is 19.0 Å². The molecule has 1 rings (SSSR count). The summed E-state index contributed by atoms with van der Waals surface area (Å²) in [4.78, 5) is 0. The van der Waals surface area contributed by atoms with Crippen molar-refractivity contribution in [2.24, 2.45) is 27.9 Å². The Morgan fingerprint density at radius 2 is 1.41 bits per heavy atom. The van der Waals surface area contributed by atoms with E-state index in [0.29, 0.717) is 10.8 Å². The van der Waals surface area contributed by atoms with Crippen LogP contribution in [0.5, 0.6) is 0 Å². The lowest BCUT2D eigenvalue weighted by molar-refractivity contribution is 0.193. The Bertz CT molecular complexity index is 268. The summed E-state index contributed by atoms with van der Waals surface area (Å²) in [5.41, 5.74) is 7.14. The molecular weight excluding hydrogens is 208 g/mol. The van der Waals surface area contributed by atoms with Gasteiger partial charge >= 0.3 is 0 Å². The van der Waals surface area contributed by atoms with Gasteiger partial charge in [-0.25, -0.2) is 0 Å². The highest BCUT2D eigenvalue weighted by Crippen LogP contribution is 2.67. The van der Waals surface area contributed by atoms with E-state index in [-0.39, 0.29) is 11.0 Å². The van der Waals surface area contributed by atoms with E-state index in [2.05, 4.69) is 60.7 Å². The van der Waals surface area contributed by atoms with Crippen LogP contribution in [0.15, 0.2) is 0 Å². The van der Waals surface area contributed by atoms with Gasteiger partial charge < -0.3 is 11.1 Å². The zero-order valence-electron chi connectivity index (χ0n) is 13.1. The van der Waals surface area contributed by atoms with E-state index in [1.54, 1.807) is 0 Å². The zero-order chi connectivity index (χ0) is 13.7. The van der Waals surface area contributed by atoms with Crippen LogP contribution in [0.2, 0.25) is 0 Å². The van der Waals surface area contributed by atoms with Crippen molar-refractivity contribution in [3.05, 3.63) is 0 Å². The summed E-state index contributed by atoms with van der Waals surface area (Å²) in [6.45, 7) is 20.3. The molecule has 0 aromatic carbocycles. The minimum atomic E-state index is -0.144.